The van der Waals surface area contributed by atoms with Gasteiger partial charge in [0, 0.05) is 37.6 Å². The Morgan fingerprint density at radius 1 is 1.30 bits per heavy atom. The Morgan fingerprint density at radius 3 is 2.91 bits per heavy atom. The van der Waals surface area contributed by atoms with Crippen LogP contribution in [0.25, 0.3) is 0 Å². The van der Waals surface area contributed by atoms with Crippen LogP contribution in [0.1, 0.15) is 23.7 Å². The van der Waals surface area contributed by atoms with Gasteiger partial charge < -0.3 is 15.0 Å². The van der Waals surface area contributed by atoms with Gasteiger partial charge in [-0.05, 0) is 29.8 Å². The highest BCUT2D eigenvalue weighted by atomic mass is 19.1. The molecule has 170 valence electrons. The number of amides is 2. The van der Waals surface area contributed by atoms with E-state index in [1.54, 1.807) is 18.3 Å². The van der Waals surface area contributed by atoms with Gasteiger partial charge in [0.15, 0.2) is 0 Å². The zero-order chi connectivity index (χ0) is 22.9. The van der Waals surface area contributed by atoms with Gasteiger partial charge in [-0.3, -0.25) is 19.4 Å². The van der Waals surface area contributed by atoms with Crippen molar-refractivity contribution in [2.75, 3.05) is 22.9 Å². The molecule has 2 aliphatic rings. The maximum atomic E-state index is 15.0. The Hall–Kier alpha value is -3.95. The highest BCUT2D eigenvalue weighted by Crippen LogP contribution is 2.32. The topological polar surface area (TPSA) is 92.6 Å². The molecule has 1 N–H and O–H groups in total. The fourth-order valence-corrected chi connectivity index (χ4v) is 4.16. The van der Waals surface area contributed by atoms with Gasteiger partial charge in [-0.2, -0.15) is 5.10 Å². The number of fused-ring (bicyclic) bond motifs is 1. The van der Waals surface area contributed by atoms with Crippen LogP contribution in [0.2, 0.25) is 0 Å². The van der Waals surface area contributed by atoms with Crippen LogP contribution in [0, 0.1) is 5.82 Å². The van der Waals surface area contributed by atoms with E-state index < -0.39 is 18.0 Å². The van der Waals surface area contributed by atoms with Gasteiger partial charge in [0.25, 0.3) is 0 Å². The molecule has 10 heteroatoms. The van der Waals surface area contributed by atoms with Crippen LogP contribution in [-0.2, 0) is 29.2 Å². The molecular weight excluding hydrogens is 427 g/mol. The second-order valence-electron chi connectivity index (χ2n) is 8.21. The Morgan fingerprint density at radius 2 is 2.18 bits per heavy atom. The highest BCUT2D eigenvalue weighted by molar-refractivity contribution is 5.90. The van der Waals surface area contributed by atoms with Gasteiger partial charge in [0.05, 0.1) is 43.2 Å². The third-order valence-electron chi connectivity index (χ3n) is 5.73. The lowest BCUT2D eigenvalue weighted by molar-refractivity contribution is -0.119. The van der Waals surface area contributed by atoms with Gasteiger partial charge >= 0.3 is 6.09 Å². The molecule has 9 nitrogen and oxygen atoms in total. The van der Waals surface area contributed by atoms with Crippen LogP contribution < -0.4 is 15.1 Å². The van der Waals surface area contributed by atoms with Crippen molar-refractivity contribution in [3.63, 3.8) is 0 Å². The lowest BCUT2D eigenvalue weighted by Gasteiger charge is -2.21. The molecule has 0 saturated carbocycles. The highest BCUT2D eigenvalue weighted by Gasteiger charge is 2.33. The van der Waals surface area contributed by atoms with Crippen LogP contribution in [-0.4, -0.2) is 46.0 Å². The summed E-state index contributed by atoms with van der Waals surface area (Å²) in [7, 11) is 0. The standard InChI is InChI=1S/C23H23FN6O3/c1-15(31)26-9-19-13-30(23(32)33-19)18-4-5-22(20(24)7-18)28-11-17-12-29(27-21(17)14-28)10-16-3-2-6-25-8-16/h2-8,12,19H,9-11,13-14H2,1H3,(H,26,31)/t19-/m0/s1. The number of anilines is 2. The average molecular weight is 450 g/mol. The number of carbonyl (C=O) groups is 2. The molecule has 1 saturated heterocycles. The van der Waals surface area contributed by atoms with Crippen molar-refractivity contribution in [2.45, 2.75) is 32.7 Å². The number of pyridine rings is 1. The van der Waals surface area contributed by atoms with E-state index in [1.165, 1.54) is 17.9 Å². The minimum absolute atomic E-state index is 0.199. The lowest BCUT2D eigenvalue weighted by atomic mass is 10.2. The predicted octanol–water partition coefficient (Wildman–Crippen LogP) is 2.45. The number of aromatic nitrogens is 3. The molecule has 5 rings (SSSR count). The summed E-state index contributed by atoms with van der Waals surface area (Å²) in [6, 6.07) is 8.62. The first-order valence-electron chi connectivity index (χ1n) is 10.7. The number of hydrogen-bond acceptors (Lipinski definition) is 6. The molecule has 2 amide bonds. The molecule has 1 aromatic carbocycles. The van der Waals surface area contributed by atoms with Gasteiger partial charge in [0.2, 0.25) is 5.91 Å². The molecule has 2 aromatic heterocycles. The average Bonchev–Trinajstić information content (AvgIpc) is 3.46. The summed E-state index contributed by atoms with van der Waals surface area (Å²) in [4.78, 5) is 30.7. The number of carbonyl (C=O) groups excluding carboxylic acids is 2. The molecule has 0 bridgehead atoms. The first kappa shape index (κ1) is 20.9. The van der Waals surface area contributed by atoms with E-state index in [4.69, 9.17) is 4.74 Å². The number of cyclic esters (lactones) is 1. The van der Waals surface area contributed by atoms with Crippen molar-refractivity contribution in [2.24, 2.45) is 0 Å². The van der Waals surface area contributed by atoms with Crippen LogP contribution in [0.5, 0.6) is 0 Å². The van der Waals surface area contributed by atoms with Crippen molar-refractivity contribution in [1.29, 1.82) is 0 Å². The SMILES string of the molecule is CC(=O)NC[C@H]1CN(c2ccc(N3Cc4cn(Cc5cccnc5)nc4C3)c(F)c2)C(=O)O1. The van der Waals surface area contributed by atoms with E-state index in [0.717, 1.165) is 16.8 Å². The van der Waals surface area contributed by atoms with Gasteiger partial charge in [0.1, 0.15) is 11.9 Å². The molecule has 2 aliphatic heterocycles. The van der Waals surface area contributed by atoms with Gasteiger partial charge in [-0.15, -0.1) is 0 Å². The molecule has 0 unspecified atom stereocenters. The molecule has 3 aromatic rings. The van der Waals surface area contributed by atoms with Crippen molar-refractivity contribution >= 4 is 23.4 Å². The van der Waals surface area contributed by atoms with Crippen LogP contribution in [0.3, 0.4) is 0 Å². The first-order chi connectivity index (χ1) is 16.0. The van der Waals surface area contributed by atoms with Crippen LogP contribution >= 0.6 is 0 Å². The monoisotopic (exact) mass is 450 g/mol. The Kier molecular flexibility index (Phi) is 5.41. The number of nitrogens with one attached hydrogen (secondary N) is 1. The molecule has 1 atom stereocenters. The maximum Gasteiger partial charge on any atom is 0.414 e. The Bertz CT molecular complexity index is 1170. The van der Waals surface area contributed by atoms with Crippen LogP contribution in [0.4, 0.5) is 20.6 Å². The Labute approximate surface area is 189 Å². The van der Waals surface area contributed by atoms with E-state index in [1.807, 2.05) is 34.1 Å². The molecule has 33 heavy (non-hydrogen) atoms. The summed E-state index contributed by atoms with van der Waals surface area (Å²) in [5, 5.41) is 7.27. The van der Waals surface area contributed by atoms with Crippen molar-refractivity contribution < 1.29 is 18.7 Å². The third kappa shape index (κ3) is 4.36. The number of benzene rings is 1. The molecular formula is C23H23FN6O3. The molecule has 1 fully saturated rings. The van der Waals surface area contributed by atoms with Gasteiger partial charge in [-0.1, -0.05) is 6.07 Å². The summed E-state index contributed by atoms with van der Waals surface area (Å²) in [5.41, 5.74) is 3.93. The van der Waals surface area contributed by atoms with E-state index in [2.05, 4.69) is 15.4 Å². The van der Waals surface area contributed by atoms with E-state index >= 15 is 4.39 Å². The zero-order valence-electron chi connectivity index (χ0n) is 18.1. The number of halogens is 1. The minimum Gasteiger partial charge on any atom is -0.442 e. The second-order valence-corrected chi connectivity index (χ2v) is 8.21. The fourth-order valence-electron chi connectivity index (χ4n) is 4.16. The van der Waals surface area contributed by atoms with E-state index in [9.17, 15) is 9.59 Å². The zero-order valence-corrected chi connectivity index (χ0v) is 18.1. The smallest absolute Gasteiger partial charge is 0.414 e. The maximum absolute atomic E-state index is 15.0. The summed E-state index contributed by atoms with van der Waals surface area (Å²) < 4.78 is 22.2. The lowest BCUT2D eigenvalue weighted by Crippen LogP contribution is -2.33. The number of rotatable bonds is 6. The minimum atomic E-state index is -0.554. The van der Waals surface area contributed by atoms with Gasteiger partial charge in [-0.25, -0.2) is 9.18 Å². The fraction of sp³-hybridized carbons (Fsp3) is 0.304. The first-order valence-corrected chi connectivity index (χ1v) is 10.7. The van der Waals surface area contributed by atoms with E-state index in [-0.39, 0.29) is 19.0 Å². The number of hydrogen-bond donors (Lipinski definition) is 1. The Balaban J connectivity index is 1.24. The normalized spacial score (nSPS) is 17.3. The predicted molar refractivity (Wildman–Crippen MR) is 118 cm³/mol. The van der Waals surface area contributed by atoms with E-state index in [0.29, 0.717) is 31.0 Å². The molecule has 4 heterocycles. The summed E-state index contributed by atoms with van der Waals surface area (Å²) in [5.74, 6) is -0.616. The number of nitrogens with zero attached hydrogens (tertiary/aromatic N) is 5. The number of ether oxygens (including phenoxy) is 1. The molecule has 0 radical (unpaired) electrons. The summed E-state index contributed by atoms with van der Waals surface area (Å²) >= 11 is 0. The summed E-state index contributed by atoms with van der Waals surface area (Å²) in [6.45, 7) is 3.58. The molecule has 0 aliphatic carbocycles. The second kappa shape index (κ2) is 8.53. The van der Waals surface area contributed by atoms with Crippen molar-refractivity contribution in [3.8, 4) is 0 Å². The largest absolute Gasteiger partial charge is 0.442 e. The quantitative estimate of drug-likeness (QED) is 0.620. The van der Waals surface area contributed by atoms with Crippen LogP contribution in [0.15, 0.2) is 48.9 Å². The van der Waals surface area contributed by atoms with Crippen molar-refractivity contribution in [3.05, 3.63) is 71.6 Å². The third-order valence-corrected chi connectivity index (χ3v) is 5.73. The van der Waals surface area contributed by atoms with Crippen molar-refractivity contribution in [1.82, 2.24) is 20.1 Å². The summed E-state index contributed by atoms with van der Waals surface area (Å²) in [6.07, 6.45) is 4.52. The molecule has 0 spiro atoms.